The van der Waals surface area contributed by atoms with Crippen LogP contribution in [0.1, 0.15) is 5.56 Å². The van der Waals surface area contributed by atoms with Crippen LogP contribution in [0.2, 0.25) is 0 Å². The van der Waals surface area contributed by atoms with Crippen LogP contribution in [0.5, 0.6) is 5.88 Å². The molecule has 2 heterocycles. The highest BCUT2D eigenvalue weighted by Crippen LogP contribution is 2.37. The maximum Gasteiger partial charge on any atom is 0.234 e. The molecule has 0 amide bonds. The summed E-state index contributed by atoms with van der Waals surface area (Å²) in [7, 11) is 0. The van der Waals surface area contributed by atoms with E-state index in [4.69, 9.17) is 9.15 Å². The van der Waals surface area contributed by atoms with Crippen molar-refractivity contribution in [3.63, 3.8) is 0 Å². The van der Waals surface area contributed by atoms with Gasteiger partial charge in [-0.05, 0) is 45.8 Å². The van der Waals surface area contributed by atoms with Gasteiger partial charge in [0.25, 0.3) is 0 Å². The number of halogens is 1. The molecule has 0 N–H and O–H groups in total. The third kappa shape index (κ3) is 2.82. The monoisotopic (exact) mass is 383 g/mol. The largest absolute Gasteiger partial charge is 0.472 e. The average Bonchev–Trinajstić information content (AvgIpc) is 3.07. The smallest absolute Gasteiger partial charge is 0.234 e. The second-order valence-corrected chi connectivity index (χ2v) is 6.51. The number of hydrogen-bond acceptors (Lipinski definition) is 4. The van der Waals surface area contributed by atoms with Crippen LogP contribution in [-0.4, -0.2) is 4.37 Å². The highest BCUT2D eigenvalue weighted by molar-refractivity contribution is 14.1. The van der Waals surface area contributed by atoms with Gasteiger partial charge < -0.3 is 9.15 Å². The first-order valence-corrected chi connectivity index (χ1v) is 7.54. The van der Waals surface area contributed by atoms with E-state index < -0.39 is 0 Å². The van der Waals surface area contributed by atoms with E-state index in [1.807, 2.05) is 36.4 Å². The summed E-state index contributed by atoms with van der Waals surface area (Å²) in [6, 6.07) is 12.0. The predicted molar refractivity (Wildman–Crippen MR) is 83.3 cm³/mol. The molecule has 3 aromatic rings. The lowest BCUT2D eigenvalue weighted by atomic mass is 10.2. The zero-order valence-electron chi connectivity index (χ0n) is 9.88. The third-order valence-electron chi connectivity index (χ3n) is 2.65. The summed E-state index contributed by atoms with van der Waals surface area (Å²) in [4.78, 5) is 0. The first kappa shape index (κ1) is 12.7. The molecule has 0 spiro atoms. The van der Waals surface area contributed by atoms with E-state index in [1.165, 1.54) is 11.5 Å². The molecular weight excluding hydrogens is 373 g/mol. The zero-order chi connectivity index (χ0) is 13.1. The minimum absolute atomic E-state index is 0.519. The van der Waals surface area contributed by atoms with Crippen LogP contribution in [0.15, 0.2) is 53.3 Å². The Morgan fingerprint density at radius 3 is 2.79 bits per heavy atom. The van der Waals surface area contributed by atoms with Gasteiger partial charge in [-0.2, -0.15) is 4.37 Å². The molecule has 0 aliphatic heterocycles. The molecule has 0 bridgehead atoms. The highest BCUT2D eigenvalue weighted by atomic mass is 127. The first-order chi connectivity index (χ1) is 9.34. The van der Waals surface area contributed by atoms with Crippen molar-refractivity contribution in [1.82, 2.24) is 4.37 Å². The van der Waals surface area contributed by atoms with E-state index in [1.54, 1.807) is 12.5 Å². The Kier molecular flexibility index (Phi) is 3.84. The average molecular weight is 383 g/mol. The lowest BCUT2D eigenvalue weighted by Gasteiger charge is -2.05. The summed E-state index contributed by atoms with van der Waals surface area (Å²) in [5.41, 5.74) is 3.14. The topological polar surface area (TPSA) is 35.3 Å². The summed E-state index contributed by atoms with van der Waals surface area (Å²) in [6.07, 6.45) is 3.37. The number of aromatic nitrogens is 1. The van der Waals surface area contributed by atoms with Gasteiger partial charge in [0.2, 0.25) is 5.88 Å². The van der Waals surface area contributed by atoms with E-state index in [0.717, 1.165) is 19.6 Å². The zero-order valence-corrected chi connectivity index (χ0v) is 12.8. The molecule has 0 fully saturated rings. The van der Waals surface area contributed by atoms with Crippen LogP contribution in [0.4, 0.5) is 0 Å². The van der Waals surface area contributed by atoms with Crippen LogP contribution in [0, 0.1) is 2.88 Å². The van der Waals surface area contributed by atoms with Gasteiger partial charge >= 0.3 is 0 Å². The summed E-state index contributed by atoms with van der Waals surface area (Å²) in [5.74, 6) is 0.666. The molecule has 2 aromatic heterocycles. The molecular formula is C14H10INO2S. The lowest BCUT2D eigenvalue weighted by molar-refractivity contribution is 0.298. The number of ether oxygens (including phenoxy) is 1. The second kappa shape index (κ2) is 5.75. The number of furan rings is 1. The van der Waals surface area contributed by atoms with Crippen LogP contribution in [0.3, 0.4) is 0 Å². The first-order valence-electron chi connectivity index (χ1n) is 5.69. The summed E-state index contributed by atoms with van der Waals surface area (Å²) >= 11 is 3.71. The second-order valence-electron chi connectivity index (χ2n) is 3.92. The van der Waals surface area contributed by atoms with Gasteiger partial charge in [0, 0.05) is 5.56 Å². The highest BCUT2D eigenvalue weighted by Gasteiger charge is 2.16. The van der Waals surface area contributed by atoms with Gasteiger partial charge in [-0.1, -0.05) is 30.3 Å². The Bertz CT molecular complexity index is 649. The Hall–Kier alpha value is -1.34. The van der Waals surface area contributed by atoms with Gasteiger partial charge in [-0.15, -0.1) is 0 Å². The van der Waals surface area contributed by atoms with Crippen LogP contribution in [0.25, 0.3) is 11.1 Å². The molecule has 19 heavy (non-hydrogen) atoms. The maximum absolute atomic E-state index is 5.82. The fourth-order valence-corrected chi connectivity index (χ4v) is 3.17. The fraction of sp³-hybridized carbons (Fsp3) is 0.0714. The van der Waals surface area contributed by atoms with E-state index in [2.05, 4.69) is 27.0 Å². The van der Waals surface area contributed by atoms with Gasteiger partial charge in [0.15, 0.2) is 0 Å². The third-order valence-corrected chi connectivity index (χ3v) is 4.40. The molecule has 0 aliphatic rings. The van der Waals surface area contributed by atoms with Crippen LogP contribution in [-0.2, 0) is 6.61 Å². The Balaban J connectivity index is 1.83. The summed E-state index contributed by atoms with van der Waals surface area (Å²) in [5, 5.41) is 0. The molecule has 0 radical (unpaired) electrons. The van der Waals surface area contributed by atoms with Crippen molar-refractivity contribution in [3.05, 3.63) is 57.4 Å². The molecule has 5 heteroatoms. The lowest BCUT2D eigenvalue weighted by Crippen LogP contribution is -1.96. The van der Waals surface area contributed by atoms with Crippen molar-refractivity contribution in [3.8, 4) is 17.0 Å². The van der Waals surface area contributed by atoms with Crippen molar-refractivity contribution in [2.45, 2.75) is 6.61 Å². The van der Waals surface area contributed by atoms with E-state index in [0.29, 0.717) is 12.5 Å². The van der Waals surface area contributed by atoms with Gasteiger partial charge in [0.1, 0.15) is 6.61 Å². The number of benzene rings is 1. The standard InChI is InChI=1S/C14H10INO2S/c15-13-12(11-6-7-17-9-11)14(16-19-13)18-8-10-4-2-1-3-5-10/h1-7,9H,8H2. The van der Waals surface area contributed by atoms with Crippen molar-refractivity contribution >= 4 is 34.1 Å². The van der Waals surface area contributed by atoms with Crippen molar-refractivity contribution < 1.29 is 9.15 Å². The van der Waals surface area contributed by atoms with Crippen LogP contribution < -0.4 is 4.74 Å². The molecule has 1 aromatic carbocycles. The maximum atomic E-state index is 5.82. The number of nitrogens with zero attached hydrogens (tertiary/aromatic N) is 1. The summed E-state index contributed by atoms with van der Waals surface area (Å²) in [6.45, 7) is 0.519. The molecule has 96 valence electrons. The minimum Gasteiger partial charge on any atom is -0.472 e. The van der Waals surface area contributed by atoms with Crippen molar-refractivity contribution in [2.75, 3.05) is 0 Å². The molecule has 3 rings (SSSR count). The number of rotatable bonds is 4. The van der Waals surface area contributed by atoms with E-state index >= 15 is 0 Å². The van der Waals surface area contributed by atoms with Crippen molar-refractivity contribution in [1.29, 1.82) is 0 Å². The summed E-state index contributed by atoms with van der Waals surface area (Å²) < 4.78 is 16.4. The van der Waals surface area contributed by atoms with E-state index in [9.17, 15) is 0 Å². The molecule has 0 saturated carbocycles. The van der Waals surface area contributed by atoms with Gasteiger partial charge in [0.05, 0.1) is 21.0 Å². The quantitative estimate of drug-likeness (QED) is 0.619. The Morgan fingerprint density at radius 1 is 1.21 bits per heavy atom. The Morgan fingerprint density at radius 2 is 2.05 bits per heavy atom. The molecule has 0 atom stereocenters. The molecule has 0 aliphatic carbocycles. The fourth-order valence-electron chi connectivity index (χ4n) is 1.73. The van der Waals surface area contributed by atoms with Gasteiger partial charge in [-0.25, -0.2) is 0 Å². The SMILES string of the molecule is Ic1snc(OCc2ccccc2)c1-c1ccoc1. The number of hydrogen-bond donors (Lipinski definition) is 0. The van der Waals surface area contributed by atoms with Crippen molar-refractivity contribution in [2.24, 2.45) is 0 Å². The molecule has 0 unspecified atom stereocenters. The van der Waals surface area contributed by atoms with Gasteiger partial charge in [-0.3, -0.25) is 0 Å². The van der Waals surface area contributed by atoms with E-state index in [-0.39, 0.29) is 0 Å². The Labute approximate surface area is 128 Å². The molecule has 3 nitrogen and oxygen atoms in total. The minimum atomic E-state index is 0.519. The normalized spacial score (nSPS) is 10.6. The molecule has 0 saturated heterocycles. The predicted octanol–water partition coefficient (Wildman–Crippen LogP) is 4.59. The van der Waals surface area contributed by atoms with Crippen LogP contribution >= 0.6 is 34.1 Å².